The Hall–Kier alpha value is -2.91. The fourth-order valence-corrected chi connectivity index (χ4v) is 2.86. The highest BCUT2D eigenvalue weighted by atomic mass is 35.5. The van der Waals surface area contributed by atoms with Gasteiger partial charge in [0.05, 0.1) is 6.07 Å². The standard InChI is InChI=1S/C18H16ClN5O/c1-10-8-13(6-5-7-20)9-11(2)15(10)25-17-14-16(22-18(19)23-17)21-12(3)24(14)4/h5-6,8-9H,1-4H3/b6-5+. The van der Waals surface area contributed by atoms with E-state index in [4.69, 9.17) is 21.6 Å². The third-order valence-corrected chi connectivity index (χ3v) is 4.10. The minimum Gasteiger partial charge on any atom is -0.436 e. The Morgan fingerprint density at radius 3 is 2.48 bits per heavy atom. The highest BCUT2D eigenvalue weighted by Crippen LogP contribution is 2.33. The van der Waals surface area contributed by atoms with Crippen molar-refractivity contribution in [2.24, 2.45) is 7.05 Å². The maximum atomic E-state index is 8.67. The predicted octanol–water partition coefficient (Wildman–Crippen LogP) is 4.27. The molecular formula is C18H16ClN5O. The van der Waals surface area contributed by atoms with Crippen molar-refractivity contribution in [3.8, 4) is 17.7 Å². The fourth-order valence-electron chi connectivity index (χ4n) is 2.70. The van der Waals surface area contributed by atoms with Gasteiger partial charge in [0.15, 0.2) is 11.2 Å². The molecule has 126 valence electrons. The summed E-state index contributed by atoms with van der Waals surface area (Å²) in [5, 5.41) is 8.76. The Morgan fingerprint density at radius 2 is 1.84 bits per heavy atom. The molecule has 0 saturated heterocycles. The number of nitriles is 1. The lowest BCUT2D eigenvalue weighted by Crippen LogP contribution is -1.99. The molecule has 0 aliphatic heterocycles. The van der Waals surface area contributed by atoms with Gasteiger partial charge in [-0.05, 0) is 67.3 Å². The van der Waals surface area contributed by atoms with E-state index in [1.54, 1.807) is 6.08 Å². The van der Waals surface area contributed by atoms with Crippen LogP contribution in [0.2, 0.25) is 5.28 Å². The number of rotatable bonds is 3. The van der Waals surface area contributed by atoms with Crippen molar-refractivity contribution in [3.63, 3.8) is 0 Å². The number of allylic oxidation sites excluding steroid dienone is 1. The Labute approximate surface area is 150 Å². The number of halogens is 1. The molecule has 0 unspecified atom stereocenters. The molecule has 0 radical (unpaired) electrons. The van der Waals surface area contributed by atoms with Gasteiger partial charge in [0.2, 0.25) is 11.2 Å². The van der Waals surface area contributed by atoms with Gasteiger partial charge in [-0.3, -0.25) is 0 Å². The van der Waals surface area contributed by atoms with Crippen LogP contribution in [0.25, 0.3) is 17.2 Å². The maximum Gasteiger partial charge on any atom is 0.250 e. The van der Waals surface area contributed by atoms with E-state index >= 15 is 0 Å². The van der Waals surface area contributed by atoms with Crippen molar-refractivity contribution in [1.29, 1.82) is 5.26 Å². The Kier molecular flexibility index (Phi) is 4.43. The summed E-state index contributed by atoms with van der Waals surface area (Å²) in [7, 11) is 1.88. The Bertz CT molecular complexity index is 1020. The SMILES string of the molecule is Cc1cc(/C=C/C#N)cc(C)c1Oc1nc(Cl)nc2nc(C)n(C)c12. The minimum atomic E-state index is 0.0875. The lowest BCUT2D eigenvalue weighted by atomic mass is 10.1. The average Bonchev–Trinajstić information content (AvgIpc) is 2.83. The maximum absolute atomic E-state index is 8.67. The van der Waals surface area contributed by atoms with E-state index < -0.39 is 0 Å². The smallest absolute Gasteiger partial charge is 0.250 e. The van der Waals surface area contributed by atoms with E-state index in [-0.39, 0.29) is 5.28 Å². The molecule has 2 aromatic heterocycles. The van der Waals surface area contributed by atoms with Gasteiger partial charge in [-0.25, -0.2) is 4.98 Å². The fraction of sp³-hybridized carbons (Fsp3) is 0.222. The van der Waals surface area contributed by atoms with E-state index in [0.717, 1.165) is 22.5 Å². The largest absolute Gasteiger partial charge is 0.436 e. The van der Waals surface area contributed by atoms with E-state index in [2.05, 4.69) is 15.0 Å². The quantitative estimate of drug-likeness (QED) is 0.519. The van der Waals surface area contributed by atoms with Crippen molar-refractivity contribution in [3.05, 3.63) is 46.0 Å². The number of ether oxygens (including phenoxy) is 1. The summed E-state index contributed by atoms with van der Waals surface area (Å²) in [6, 6.07) is 5.89. The number of nitrogens with zero attached hydrogens (tertiary/aromatic N) is 5. The average molecular weight is 354 g/mol. The zero-order chi connectivity index (χ0) is 18.1. The monoisotopic (exact) mass is 353 g/mol. The van der Waals surface area contributed by atoms with Crippen LogP contribution in [-0.2, 0) is 7.05 Å². The van der Waals surface area contributed by atoms with Gasteiger partial charge in [-0.15, -0.1) is 0 Å². The second kappa shape index (κ2) is 6.54. The van der Waals surface area contributed by atoms with Gasteiger partial charge >= 0.3 is 0 Å². The van der Waals surface area contributed by atoms with Crippen LogP contribution in [0.3, 0.4) is 0 Å². The van der Waals surface area contributed by atoms with Crippen LogP contribution in [0, 0.1) is 32.1 Å². The van der Waals surface area contributed by atoms with E-state index in [1.807, 2.05) is 50.6 Å². The normalized spacial score (nSPS) is 11.2. The van der Waals surface area contributed by atoms with Gasteiger partial charge in [0.25, 0.3) is 0 Å². The molecule has 1 aromatic carbocycles. The summed E-state index contributed by atoms with van der Waals surface area (Å²) < 4.78 is 7.97. The predicted molar refractivity (Wildman–Crippen MR) is 96.7 cm³/mol. The van der Waals surface area contributed by atoms with Crippen LogP contribution in [0.4, 0.5) is 0 Å². The summed E-state index contributed by atoms with van der Waals surface area (Å²) in [5.41, 5.74) is 3.98. The van der Waals surface area contributed by atoms with Crippen molar-refractivity contribution in [2.75, 3.05) is 0 Å². The van der Waals surface area contributed by atoms with Gasteiger partial charge in [-0.2, -0.15) is 15.2 Å². The Balaban J connectivity index is 2.11. The number of aromatic nitrogens is 4. The highest BCUT2D eigenvalue weighted by molar-refractivity contribution is 6.28. The van der Waals surface area contributed by atoms with E-state index in [9.17, 15) is 0 Å². The van der Waals surface area contributed by atoms with Gasteiger partial charge in [0, 0.05) is 13.1 Å². The second-order valence-corrected chi connectivity index (χ2v) is 6.07. The van der Waals surface area contributed by atoms with E-state index in [1.165, 1.54) is 6.08 Å². The van der Waals surface area contributed by atoms with Gasteiger partial charge in [0.1, 0.15) is 11.6 Å². The summed E-state index contributed by atoms with van der Waals surface area (Å²) >= 11 is 6.02. The lowest BCUT2D eigenvalue weighted by molar-refractivity contribution is 0.458. The molecule has 3 rings (SSSR count). The molecule has 0 saturated carbocycles. The zero-order valence-electron chi connectivity index (χ0n) is 14.3. The topological polar surface area (TPSA) is 76.6 Å². The number of hydrogen-bond acceptors (Lipinski definition) is 5. The second-order valence-electron chi connectivity index (χ2n) is 5.74. The number of imidazole rings is 1. The van der Waals surface area contributed by atoms with Gasteiger partial charge in [-0.1, -0.05) is 0 Å². The summed E-state index contributed by atoms with van der Waals surface area (Å²) in [4.78, 5) is 12.8. The van der Waals surface area contributed by atoms with Crippen LogP contribution in [-0.4, -0.2) is 19.5 Å². The molecular weight excluding hydrogens is 338 g/mol. The zero-order valence-corrected chi connectivity index (χ0v) is 15.1. The highest BCUT2D eigenvalue weighted by Gasteiger charge is 2.17. The summed E-state index contributed by atoms with van der Waals surface area (Å²) in [6.45, 7) is 5.77. The van der Waals surface area contributed by atoms with Crippen LogP contribution in [0.5, 0.6) is 11.6 Å². The third-order valence-electron chi connectivity index (χ3n) is 3.93. The van der Waals surface area contributed by atoms with Crippen LogP contribution in [0.1, 0.15) is 22.5 Å². The molecule has 25 heavy (non-hydrogen) atoms. The summed E-state index contributed by atoms with van der Waals surface area (Å²) in [6.07, 6.45) is 3.20. The van der Waals surface area contributed by atoms with Crippen LogP contribution in [0.15, 0.2) is 18.2 Å². The van der Waals surface area contributed by atoms with Crippen LogP contribution < -0.4 is 4.74 Å². The van der Waals surface area contributed by atoms with Crippen molar-refractivity contribution < 1.29 is 4.74 Å². The van der Waals surface area contributed by atoms with Crippen molar-refractivity contribution in [1.82, 2.24) is 19.5 Å². The van der Waals surface area contributed by atoms with Crippen molar-refractivity contribution in [2.45, 2.75) is 20.8 Å². The molecule has 3 aromatic rings. The molecule has 0 amide bonds. The number of benzene rings is 1. The van der Waals surface area contributed by atoms with Crippen molar-refractivity contribution >= 4 is 28.8 Å². The number of hydrogen-bond donors (Lipinski definition) is 0. The lowest BCUT2D eigenvalue weighted by Gasteiger charge is -2.13. The first-order valence-electron chi connectivity index (χ1n) is 7.62. The molecule has 0 N–H and O–H groups in total. The first kappa shape index (κ1) is 16.9. The molecule has 0 fully saturated rings. The Morgan fingerprint density at radius 1 is 1.16 bits per heavy atom. The molecule has 2 heterocycles. The molecule has 7 heteroatoms. The first-order valence-corrected chi connectivity index (χ1v) is 8.00. The van der Waals surface area contributed by atoms with E-state index in [0.29, 0.717) is 22.8 Å². The molecule has 0 aliphatic rings. The number of aryl methyl sites for hydroxylation is 4. The number of fused-ring (bicyclic) bond motifs is 1. The minimum absolute atomic E-state index is 0.0875. The molecule has 0 atom stereocenters. The molecule has 0 spiro atoms. The first-order chi connectivity index (χ1) is 11.9. The molecule has 6 nitrogen and oxygen atoms in total. The van der Waals surface area contributed by atoms with Crippen LogP contribution >= 0.6 is 11.6 Å². The van der Waals surface area contributed by atoms with Gasteiger partial charge < -0.3 is 9.30 Å². The summed E-state index contributed by atoms with van der Waals surface area (Å²) in [5.74, 6) is 1.86. The third kappa shape index (κ3) is 3.19. The molecule has 0 aliphatic carbocycles. The molecule has 0 bridgehead atoms.